The predicted octanol–water partition coefficient (Wildman–Crippen LogP) is 2.10. The SMILES string of the molecule is O=C(O)c1cccc2nc(NCC3CSC3)ncc12. The fraction of sp³-hybridized carbons (Fsp3) is 0.308. The van der Waals surface area contributed by atoms with Crippen molar-refractivity contribution in [3.8, 4) is 0 Å². The van der Waals surface area contributed by atoms with Crippen LogP contribution in [0.15, 0.2) is 24.4 Å². The number of nitrogens with zero attached hydrogens (tertiary/aromatic N) is 2. The van der Waals surface area contributed by atoms with Crippen LogP contribution in [0.1, 0.15) is 10.4 Å². The van der Waals surface area contributed by atoms with Crippen molar-refractivity contribution in [2.24, 2.45) is 5.92 Å². The first kappa shape index (κ1) is 12.2. The van der Waals surface area contributed by atoms with E-state index < -0.39 is 5.97 Å². The summed E-state index contributed by atoms with van der Waals surface area (Å²) in [7, 11) is 0. The van der Waals surface area contributed by atoms with Gasteiger partial charge in [-0.1, -0.05) is 6.07 Å². The van der Waals surface area contributed by atoms with Crippen LogP contribution in [0.25, 0.3) is 10.9 Å². The summed E-state index contributed by atoms with van der Waals surface area (Å²) in [5.41, 5.74) is 0.889. The van der Waals surface area contributed by atoms with Crippen molar-refractivity contribution in [2.75, 3.05) is 23.4 Å². The molecule has 1 fully saturated rings. The highest BCUT2D eigenvalue weighted by molar-refractivity contribution is 8.00. The van der Waals surface area contributed by atoms with Crippen LogP contribution in [0, 0.1) is 5.92 Å². The van der Waals surface area contributed by atoms with Crippen molar-refractivity contribution in [1.29, 1.82) is 0 Å². The van der Waals surface area contributed by atoms with Gasteiger partial charge in [0.25, 0.3) is 0 Å². The summed E-state index contributed by atoms with van der Waals surface area (Å²) in [6.45, 7) is 0.872. The number of carboxylic acid groups (broad SMARTS) is 1. The molecule has 0 atom stereocenters. The van der Waals surface area contributed by atoms with Crippen molar-refractivity contribution in [1.82, 2.24) is 9.97 Å². The Bertz CT molecular complexity index is 628. The Balaban J connectivity index is 1.86. The van der Waals surface area contributed by atoms with Gasteiger partial charge in [0.1, 0.15) is 0 Å². The molecule has 6 heteroatoms. The van der Waals surface area contributed by atoms with E-state index in [1.54, 1.807) is 24.4 Å². The van der Waals surface area contributed by atoms with E-state index in [4.69, 9.17) is 5.11 Å². The molecule has 0 saturated carbocycles. The maximum atomic E-state index is 11.1. The Hall–Kier alpha value is -1.82. The number of fused-ring (bicyclic) bond motifs is 1. The molecule has 1 aliphatic heterocycles. The molecule has 1 aromatic carbocycles. The van der Waals surface area contributed by atoms with Gasteiger partial charge in [0.15, 0.2) is 0 Å². The molecule has 3 rings (SSSR count). The van der Waals surface area contributed by atoms with Gasteiger partial charge in [0.05, 0.1) is 11.1 Å². The van der Waals surface area contributed by atoms with E-state index in [1.165, 1.54) is 11.5 Å². The standard InChI is InChI=1S/C13H13N3O2S/c17-12(18)9-2-1-3-11-10(9)5-15-13(16-11)14-4-8-6-19-7-8/h1-3,5,8H,4,6-7H2,(H,17,18)(H,14,15,16). The van der Waals surface area contributed by atoms with Crippen LogP contribution in [-0.2, 0) is 0 Å². The molecular formula is C13H13N3O2S. The first-order valence-electron chi connectivity index (χ1n) is 6.05. The van der Waals surface area contributed by atoms with Gasteiger partial charge in [0, 0.05) is 18.1 Å². The lowest BCUT2D eigenvalue weighted by Gasteiger charge is -2.24. The van der Waals surface area contributed by atoms with Crippen LogP contribution < -0.4 is 5.32 Å². The molecule has 0 unspecified atom stereocenters. The molecule has 0 bridgehead atoms. The molecule has 2 aromatic rings. The van der Waals surface area contributed by atoms with E-state index in [2.05, 4.69) is 15.3 Å². The number of carboxylic acids is 1. The monoisotopic (exact) mass is 275 g/mol. The highest BCUT2D eigenvalue weighted by Gasteiger charge is 2.18. The van der Waals surface area contributed by atoms with Gasteiger partial charge < -0.3 is 10.4 Å². The summed E-state index contributed by atoms with van der Waals surface area (Å²) in [4.78, 5) is 19.6. The molecule has 0 radical (unpaired) electrons. The first-order chi connectivity index (χ1) is 9.24. The second-order valence-corrected chi connectivity index (χ2v) is 5.60. The Labute approximate surface area is 114 Å². The Morgan fingerprint density at radius 1 is 1.47 bits per heavy atom. The van der Waals surface area contributed by atoms with Crippen LogP contribution in [0.3, 0.4) is 0 Å². The van der Waals surface area contributed by atoms with Crippen molar-refractivity contribution < 1.29 is 9.90 Å². The van der Waals surface area contributed by atoms with Crippen LogP contribution in [0.5, 0.6) is 0 Å². The topological polar surface area (TPSA) is 75.1 Å². The molecule has 0 amide bonds. The number of hydrogen-bond donors (Lipinski definition) is 2. The molecule has 0 spiro atoms. The van der Waals surface area contributed by atoms with Crippen molar-refractivity contribution in [3.63, 3.8) is 0 Å². The summed E-state index contributed by atoms with van der Waals surface area (Å²) in [5.74, 6) is 2.66. The first-order valence-corrected chi connectivity index (χ1v) is 7.20. The zero-order chi connectivity index (χ0) is 13.2. The van der Waals surface area contributed by atoms with E-state index in [-0.39, 0.29) is 5.56 Å². The number of hydrogen-bond acceptors (Lipinski definition) is 5. The molecule has 1 saturated heterocycles. The van der Waals surface area contributed by atoms with E-state index >= 15 is 0 Å². The largest absolute Gasteiger partial charge is 0.478 e. The van der Waals surface area contributed by atoms with Crippen LogP contribution >= 0.6 is 11.8 Å². The quantitative estimate of drug-likeness (QED) is 0.890. The lowest BCUT2D eigenvalue weighted by atomic mass is 10.1. The normalized spacial score (nSPS) is 15.2. The van der Waals surface area contributed by atoms with E-state index in [0.29, 0.717) is 22.8 Å². The van der Waals surface area contributed by atoms with Crippen LogP contribution in [0.2, 0.25) is 0 Å². The second kappa shape index (κ2) is 5.05. The third-order valence-electron chi connectivity index (χ3n) is 3.11. The summed E-state index contributed by atoms with van der Waals surface area (Å²) in [6.07, 6.45) is 1.57. The van der Waals surface area contributed by atoms with E-state index in [0.717, 1.165) is 6.54 Å². The molecule has 19 heavy (non-hydrogen) atoms. The summed E-state index contributed by atoms with van der Waals surface area (Å²) >= 11 is 1.94. The number of aromatic nitrogens is 2. The molecule has 1 aromatic heterocycles. The summed E-state index contributed by atoms with van der Waals surface area (Å²) in [6, 6.07) is 5.06. The molecule has 0 aliphatic carbocycles. The number of nitrogens with one attached hydrogen (secondary N) is 1. The minimum atomic E-state index is -0.957. The summed E-state index contributed by atoms with van der Waals surface area (Å²) in [5, 5.41) is 12.9. The average Bonchev–Trinajstić information content (AvgIpc) is 2.35. The Kier molecular flexibility index (Phi) is 3.25. The Morgan fingerprint density at radius 3 is 3.00 bits per heavy atom. The highest BCUT2D eigenvalue weighted by Crippen LogP contribution is 2.24. The fourth-order valence-electron chi connectivity index (χ4n) is 1.96. The zero-order valence-corrected chi connectivity index (χ0v) is 11.0. The minimum Gasteiger partial charge on any atom is -0.478 e. The third kappa shape index (κ3) is 2.49. The minimum absolute atomic E-state index is 0.236. The van der Waals surface area contributed by atoms with E-state index in [9.17, 15) is 4.79 Å². The second-order valence-electron chi connectivity index (χ2n) is 4.52. The zero-order valence-electron chi connectivity index (χ0n) is 10.2. The van der Waals surface area contributed by atoms with E-state index in [1.807, 2.05) is 11.8 Å². The summed E-state index contributed by atoms with van der Waals surface area (Å²) < 4.78 is 0. The van der Waals surface area contributed by atoms with Gasteiger partial charge in [0.2, 0.25) is 5.95 Å². The van der Waals surface area contributed by atoms with Gasteiger partial charge >= 0.3 is 5.97 Å². The van der Waals surface area contributed by atoms with Gasteiger partial charge in [-0.15, -0.1) is 0 Å². The predicted molar refractivity (Wildman–Crippen MR) is 75.8 cm³/mol. The Morgan fingerprint density at radius 2 is 2.32 bits per heavy atom. The molecule has 5 nitrogen and oxygen atoms in total. The fourth-order valence-corrected chi connectivity index (χ4v) is 2.77. The molecule has 2 N–H and O–H groups in total. The van der Waals surface area contributed by atoms with Gasteiger partial charge in [-0.3, -0.25) is 0 Å². The maximum Gasteiger partial charge on any atom is 0.336 e. The number of benzene rings is 1. The third-order valence-corrected chi connectivity index (χ3v) is 4.53. The molecule has 98 valence electrons. The van der Waals surface area contributed by atoms with Gasteiger partial charge in [-0.05, 0) is 29.6 Å². The smallest absolute Gasteiger partial charge is 0.336 e. The molecule has 2 heterocycles. The number of anilines is 1. The lowest BCUT2D eigenvalue weighted by molar-refractivity contribution is 0.0699. The van der Waals surface area contributed by atoms with Crippen molar-refractivity contribution >= 4 is 34.6 Å². The van der Waals surface area contributed by atoms with Crippen molar-refractivity contribution in [2.45, 2.75) is 0 Å². The maximum absolute atomic E-state index is 11.1. The molecular weight excluding hydrogens is 262 g/mol. The van der Waals surface area contributed by atoms with Crippen LogP contribution in [0.4, 0.5) is 5.95 Å². The average molecular weight is 275 g/mol. The van der Waals surface area contributed by atoms with Gasteiger partial charge in [-0.25, -0.2) is 14.8 Å². The van der Waals surface area contributed by atoms with Crippen LogP contribution in [-0.4, -0.2) is 39.1 Å². The highest BCUT2D eigenvalue weighted by atomic mass is 32.2. The molecule has 1 aliphatic rings. The van der Waals surface area contributed by atoms with Gasteiger partial charge in [-0.2, -0.15) is 11.8 Å². The number of aromatic carboxylic acids is 1. The number of carbonyl (C=O) groups is 1. The number of rotatable bonds is 4. The number of thioether (sulfide) groups is 1. The lowest BCUT2D eigenvalue weighted by Crippen LogP contribution is -2.26. The van der Waals surface area contributed by atoms with Crippen molar-refractivity contribution in [3.05, 3.63) is 30.0 Å².